The van der Waals surface area contributed by atoms with E-state index in [9.17, 15) is 0 Å². The molecule has 0 saturated carbocycles. The number of imidazole rings is 1. The lowest BCUT2D eigenvalue weighted by molar-refractivity contribution is 0.590. The Labute approximate surface area is 247 Å². The third kappa shape index (κ3) is 4.42. The third-order valence-electron chi connectivity index (χ3n) is 8.35. The number of para-hydroxylation sites is 2. The first-order chi connectivity index (χ1) is 20.3. The van der Waals surface area contributed by atoms with E-state index in [0.717, 1.165) is 39.1 Å². The molecule has 0 atom stereocenters. The number of aromatic nitrogens is 2. The lowest BCUT2D eigenvalue weighted by Gasteiger charge is -2.19. The van der Waals surface area contributed by atoms with Crippen LogP contribution in [0.2, 0.25) is 0 Å². The molecular weight excluding hydrogens is 512 g/mol. The fourth-order valence-electron chi connectivity index (χ4n) is 6.06. The first-order valence-electron chi connectivity index (χ1n) is 14.5. The minimum atomic E-state index is 0.137. The van der Waals surface area contributed by atoms with E-state index in [1.165, 1.54) is 38.9 Å². The first kappa shape index (κ1) is 26.0. The number of rotatable bonds is 4. The number of nitrogens with zero attached hydrogens (tertiary/aromatic N) is 2. The molecule has 0 aliphatic heterocycles. The summed E-state index contributed by atoms with van der Waals surface area (Å²) in [6.07, 6.45) is 1.85. The Morgan fingerprint density at radius 3 is 2.00 bits per heavy atom. The van der Waals surface area contributed by atoms with Crippen LogP contribution in [0.15, 0.2) is 120 Å². The van der Waals surface area contributed by atoms with Crippen LogP contribution in [0.4, 0.5) is 0 Å². The highest BCUT2D eigenvalue weighted by molar-refractivity contribution is 5.98. The van der Waals surface area contributed by atoms with Gasteiger partial charge in [-0.15, -0.1) is 0 Å². The fourth-order valence-corrected chi connectivity index (χ4v) is 6.06. The Morgan fingerprint density at radius 2 is 1.31 bits per heavy atom. The second-order valence-corrected chi connectivity index (χ2v) is 12.3. The van der Waals surface area contributed by atoms with Gasteiger partial charge in [0, 0.05) is 11.1 Å². The van der Waals surface area contributed by atoms with Gasteiger partial charge < -0.3 is 4.42 Å². The minimum absolute atomic E-state index is 0.137. The molecule has 5 aromatic carbocycles. The molecule has 206 valence electrons. The molecule has 2 heterocycles. The van der Waals surface area contributed by atoms with E-state index in [2.05, 4.69) is 142 Å². The van der Waals surface area contributed by atoms with Gasteiger partial charge in [0.05, 0.1) is 16.6 Å². The van der Waals surface area contributed by atoms with Crippen LogP contribution >= 0.6 is 0 Å². The maximum absolute atomic E-state index is 6.10. The van der Waals surface area contributed by atoms with Crippen molar-refractivity contribution in [3.05, 3.63) is 132 Å². The number of hydrogen-bond donors (Lipinski definition) is 0. The number of furan rings is 1. The summed E-state index contributed by atoms with van der Waals surface area (Å²) in [5, 5.41) is 1.06. The highest BCUT2D eigenvalue weighted by atomic mass is 16.3. The molecular formula is C39H34N2O. The molecule has 0 N–H and O–H groups in total. The maximum Gasteiger partial charge on any atom is 0.149 e. The molecule has 3 nitrogen and oxygen atoms in total. The van der Waals surface area contributed by atoms with Crippen molar-refractivity contribution in [2.75, 3.05) is 0 Å². The molecule has 7 rings (SSSR count). The summed E-state index contributed by atoms with van der Waals surface area (Å²) in [6, 6.07) is 39.0. The molecule has 3 heteroatoms. The Morgan fingerprint density at radius 1 is 0.667 bits per heavy atom. The Balaban J connectivity index is 1.35. The quantitative estimate of drug-likeness (QED) is 0.220. The summed E-state index contributed by atoms with van der Waals surface area (Å²) in [4.78, 5) is 5.14. The van der Waals surface area contributed by atoms with Crippen molar-refractivity contribution in [3.8, 4) is 39.3 Å². The minimum Gasteiger partial charge on any atom is -0.464 e. The zero-order valence-corrected chi connectivity index (χ0v) is 24.8. The maximum atomic E-state index is 6.10. The van der Waals surface area contributed by atoms with Gasteiger partial charge in [-0.1, -0.05) is 93.6 Å². The predicted molar refractivity (Wildman–Crippen MR) is 175 cm³/mol. The molecule has 0 aliphatic carbocycles. The third-order valence-corrected chi connectivity index (χ3v) is 8.35. The molecule has 0 bridgehead atoms. The molecule has 0 spiro atoms. The van der Waals surface area contributed by atoms with Gasteiger partial charge in [0.15, 0.2) is 0 Å². The van der Waals surface area contributed by atoms with Crippen LogP contribution in [0, 0.1) is 13.8 Å². The van der Waals surface area contributed by atoms with Crippen LogP contribution in [0.5, 0.6) is 0 Å². The fraction of sp³-hybridized carbons (Fsp3) is 0.154. The van der Waals surface area contributed by atoms with Gasteiger partial charge in [-0.3, -0.25) is 4.57 Å². The lowest BCUT2D eigenvalue weighted by atomic mass is 9.86. The van der Waals surface area contributed by atoms with Crippen LogP contribution in [0.3, 0.4) is 0 Å². The van der Waals surface area contributed by atoms with Gasteiger partial charge in [-0.2, -0.15) is 0 Å². The Bertz CT molecular complexity index is 2050. The molecule has 0 fully saturated rings. The van der Waals surface area contributed by atoms with E-state index in [1.54, 1.807) is 0 Å². The van der Waals surface area contributed by atoms with E-state index < -0.39 is 0 Å². The van der Waals surface area contributed by atoms with Crippen molar-refractivity contribution < 1.29 is 4.42 Å². The standard InChI is InChI=1S/C39H34N2O/c1-25-9-8-10-26(2)37(25)29-17-22-36-32(23-29)33(24-42-36)38-40-34-11-6-7-12-35(34)41(38)31-20-15-28(16-21-31)27-13-18-30(19-14-27)39(3,4)5/h6-24H,1-5H3. The zero-order chi connectivity index (χ0) is 29.0. The van der Waals surface area contributed by atoms with Crippen LogP contribution in [-0.4, -0.2) is 9.55 Å². The van der Waals surface area contributed by atoms with Crippen LogP contribution in [0.1, 0.15) is 37.5 Å². The monoisotopic (exact) mass is 546 g/mol. The topological polar surface area (TPSA) is 31.0 Å². The molecule has 7 aromatic rings. The van der Waals surface area contributed by atoms with Crippen LogP contribution < -0.4 is 0 Å². The van der Waals surface area contributed by atoms with E-state index in [0.29, 0.717) is 0 Å². The summed E-state index contributed by atoms with van der Waals surface area (Å²) in [5.41, 5.74) is 13.8. The smallest absolute Gasteiger partial charge is 0.149 e. The highest BCUT2D eigenvalue weighted by Gasteiger charge is 2.20. The second-order valence-electron chi connectivity index (χ2n) is 12.3. The lowest BCUT2D eigenvalue weighted by Crippen LogP contribution is -2.10. The largest absolute Gasteiger partial charge is 0.464 e. The summed E-state index contributed by atoms with van der Waals surface area (Å²) in [5.74, 6) is 0.871. The van der Waals surface area contributed by atoms with Crippen molar-refractivity contribution in [1.29, 1.82) is 0 Å². The molecule has 0 radical (unpaired) electrons. The van der Waals surface area contributed by atoms with E-state index in [1.807, 2.05) is 12.3 Å². The Kier molecular flexibility index (Phi) is 6.13. The number of fused-ring (bicyclic) bond motifs is 2. The predicted octanol–water partition coefficient (Wildman–Crippen LogP) is 10.7. The van der Waals surface area contributed by atoms with Gasteiger partial charge in [-0.25, -0.2) is 4.98 Å². The van der Waals surface area contributed by atoms with Crippen LogP contribution in [0.25, 0.3) is 61.3 Å². The summed E-state index contributed by atoms with van der Waals surface area (Å²) < 4.78 is 8.35. The van der Waals surface area contributed by atoms with Gasteiger partial charge in [-0.05, 0) is 94.6 Å². The highest BCUT2D eigenvalue weighted by Crippen LogP contribution is 2.38. The second kappa shape index (κ2) is 9.88. The summed E-state index contributed by atoms with van der Waals surface area (Å²) in [6.45, 7) is 11.1. The zero-order valence-electron chi connectivity index (χ0n) is 24.8. The average molecular weight is 547 g/mol. The molecule has 42 heavy (non-hydrogen) atoms. The van der Waals surface area contributed by atoms with Crippen molar-refractivity contribution >= 4 is 22.0 Å². The normalized spacial score (nSPS) is 11.9. The Hall–Kier alpha value is -4.89. The van der Waals surface area contributed by atoms with E-state index in [-0.39, 0.29) is 5.41 Å². The van der Waals surface area contributed by atoms with Crippen molar-refractivity contribution in [3.63, 3.8) is 0 Å². The summed E-state index contributed by atoms with van der Waals surface area (Å²) >= 11 is 0. The number of aryl methyl sites for hydroxylation is 2. The van der Waals surface area contributed by atoms with Crippen molar-refractivity contribution in [2.24, 2.45) is 0 Å². The van der Waals surface area contributed by atoms with Crippen LogP contribution in [-0.2, 0) is 5.41 Å². The van der Waals surface area contributed by atoms with E-state index >= 15 is 0 Å². The summed E-state index contributed by atoms with van der Waals surface area (Å²) in [7, 11) is 0. The molecule has 0 aliphatic rings. The average Bonchev–Trinajstić information content (AvgIpc) is 3.58. The molecule has 2 aromatic heterocycles. The van der Waals surface area contributed by atoms with Gasteiger partial charge in [0.1, 0.15) is 17.7 Å². The molecule has 0 amide bonds. The van der Waals surface area contributed by atoms with Gasteiger partial charge >= 0.3 is 0 Å². The number of hydrogen-bond acceptors (Lipinski definition) is 2. The van der Waals surface area contributed by atoms with E-state index in [4.69, 9.17) is 9.40 Å². The van der Waals surface area contributed by atoms with Gasteiger partial charge in [0.25, 0.3) is 0 Å². The number of benzene rings is 5. The molecule has 0 saturated heterocycles. The first-order valence-corrected chi connectivity index (χ1v) is 14.5. The molecule has 0 unspecified atom stereocenters. The van der Waals surface area contributed by atoms with Crippen molar-refractivity contribution in [2.45, 2.75) is 40.0 Å². The van der Waals surface area contributed by atoms with Crippen molar-refractivity contribution in [1.82, 2.24) is 9.55 Å². The van der Waals surface area contributed by atoms with Gasteiger partial charge in [0.2, 0.25) is 0 Å². The SMILES string of the molecule is Cc1cccc(C)c1-c1ccc2occ(-c3nc4ccccc4n3-c3ccc(-c4ccc(C(C)(C)C)cc4)cc3)c2c1.